The summed E-state index contributed by atoms with van der Waals surface area (Å²) in [6.45, 7) is 2.48. The third-order valence-corrected chi connectivity index (χ3v) is 5.39. The second-order valence-electron chi connectivity index (χ2n) is 6.95. The average molecular weight is 368 g/mol. The van der Waals surface area contributed by atoms with Crippen molar-refractivity contribution in [2.45, 2.75) is 18.9 Å². The van der Waals surface area contributed by atoms with Gasteiger partial charge >= 0.3 is 5.97 Å². The predicted molar refractivity (Wildman–Crippen MR) is 99.2 cm³/mol. The number of hydrogen-bond acceptors (Lipinski definition) is 4. The first-order valence-electron chi connectivity index (χ1n) is 9.11. The molecule has 2 aliphatic heterocycles. The van der Waals surface area contributed by atoms with Crippen LogP contribution in [0.5, 0.6) is 0 Å². The normalized spacial score (nSPS) is 19.1. The number of carbonyl (C=O) groups is 2. The number of carbonyl (C=O) groups excluding carboxylic acids is 2. The van der Waals surface area contributed by atoms with E-state index in [0.29, 0.717) is 23.2 Å². The molecule has 5 nitrogen and oxygen atoms in total. The lowest BCUT2D eigenvalue weighted by atomic mass is 9.92. The van der Waals surface area contributed by atoms with E-state index >= 15 is 0 Å². The highest BCUT2D eigenvalue weighted by molar-refractivity contribution is 5.97. The third kappa shape index (κ3) is 3.21. The van der Waals surface area contributed by atoms with Crippen molar-refractivity contribution in [2.75, 3.05) is 26.7 Å². The third-order valence-electron chi connectivity index (χ3n) is 5.39. The zero-order chi connectivity index (χ0) is 19.0. The van der Waals surface area contributed by atoms with Crippen LogP contribution in [0.2, 0.25) is 0 Å². The van der Waals surface area contributed by atoms with Gasteiger partial charge in [0.1, 0.15) is 5.82 Å². The molecule has 0 saturated carbocycles. The van der Waals surface area contributed by atoms with E-state index in [1.807, 2.05) is 11.0 Å². The van der Waals surface area contributed by atoms with Gasteiger partial charge in [0.25, 0.3) is 5.91 Å². The Bertz CT molecular complexity index is 906. The second-order valence-corrected chi connectivity index (χ2v) is 6.95. The number of amides is 1. The fraction of sp³-hybridized carbons (Fsp3) is 0.333. The molecule has 2 aromatic rings. The molecular formula is C21H21FN2O3. The van der Waals surface area contributed by atoms with Crippen LogP contribution in [0.4, 0.5) is 4.39 Å². The van der Waals surface area contributed by atoms with Gasteiger partial charge in [-0.15, -0.1) is 0 Å². The van der Waals surface area contributed by atoms with E-state index in [4.69, 9.17) is 0 Å². The van der Waals surface area contributed by atoms with Crippen molar-refractivity contribution in [1.82, 2.24) is 10.2 Å². The highest BCUT2D eigenvalue weighted by Gasteiger charge is 2.31. The van der Waals surface area contributed by atoms with Crippen molar-refractivity contribution in [3.8, 4) is 11.1 Å². The van der Waals surface area contributed by atoms with Crippen LogP contribution in [0.3, 0.4) is 0 Å². The van der Waals surface area contributed by atoms with Gasteiger partial charge in [0.05, 0.1) is 12.7 Å². The molecule has 4 rings (SSSR count). The molecule has 2 aliphatic rings. The lowest BCUT2D eigenvalue weighted by Crippen LogP contribution is -2.45. The summed E-state index contributed by atoms with van der Waals surface area (Å²) < 4.78 is 19.1. The quantitative estimate of drug-likeness (QED) is 0.847. The van der Waals surface area contributed by atoms with E-state index in [9.17, 15) is 14.0 Å². The molecule has 1 fully saturated rings. The number of esters is 1. The van der Waals surface area contributed by atoms with Gasteiger partial charge in [0, 0.05) is 30.3 Å². The van der Waals surface area contributed by atoms with E-state index in [2.05, 4.69) is 10.1 Å². The molecule has 2 aromatic carbocycles. The first kappa shape index (κ1) is 17.7. The summed E-state index contributed by atoms with van der Waals surface area (Å²) >= 11 is 0. The number of nitrogens with zero attached hydrogens (tertiary/aromatic N) is 1. The lowest BCUT2D eigenvalue weighted by Gasteiger charge is -2.33. The molecule has 2 heterocycles. The molecule has 6 heteroatoms. The number of hydrogen-bond donors (Lipinski definition) is 1. The number of methoxy groups -OCH3 is 1. The predicted octanol–water partition coefficient (Wildman–Crippen LogP) is 2.64. The summed E-state index contributed by atoms with van der Waals surface area (Å²) in [6, 6.07) is 10.00. The number of halogens is 1. The Kier molecular flexibility index (Phi) is 4.66. The summed E-state index contributed by atoms with van der Waals surface area (Å²) in [5.41, 5.74) is 2.92. The molecule has 0 aromatic heterocycles. The first-order valence-corrected chi connectivity index (χ1v) is 9.11. The second kappa shape index (κ2) is 7.12. The van der Waals surface area contributed by atoms with E-state index < -0.39 is 11.8 Å². The maximum atomic E-state index is 14.5. The Labute approximate surface area is 157 Å². The summed E-state index contributed by atoms with van der Waals surface area (Å²) in [5, 5.41) is 3.30. The van der Waals surface area contributed by atoms with Crippen molar-refractivity contribution >= 4 is 11.9 Å². The van der Waals surface area contributed by atoms with Crippen LogP contribution in [0.15, 0.2) is 36.4 Å². The van der Waals surface area contributed by atoms with Crippen molar-refractivity contribution in [3.05, 3.63) is 58.9 Å². The van der Waals surface area contributed by atoms with Crippen molar-refractivity contribution in [3.63, 3.8) is 0 Å². The number of ether oxygens (including phenoxy) is 1. The van der Waals surface area contributed by atoms with Gasteiger partial charge in [0.2, 0.25) is 0 Å². The fourth-order valence-corrected chi connectivity index (χ4v) is 3.92. The highest BCUT2D eigenvalue weighted by Crippen LogP contribution is 2.29. The number of fused-ring (bicyclic) bond motifs is 1. The Morgan fingerprint density at radius 1 is 1.22 bits per heavy atom. The van der Waals surface area contributed by atoms with Crippen LogP contribution in [-0.4, -0.2) is 49.6 Å². The van der Waals surface area contributed by atoms with E-state index in [0.717, 1.165) is 31.5 Å². The van der Waals surface area contributed by atoms with Gasteiger partial charge in [-0.05, 0) is 48.7 Å². The molecule has 27 heavy (non-hydrogen) atoms. The molecule has 1 unspecified atom stereocenters. The minimum absolute atomic E-state index is 0.0537. The van der Waals surface area contributed by atoms with E-state index in [-0.39, 0.29) is 17.5 Å². The minimum Gasteiger partial charge on any atom is -0.465 e. The van der Waals surface area contributed by atoms with Crippen LogP contribution < -0.4 is 5.32 Å². The van der Waals surface area contributed by atoms with E-state index in [1.165, 1.54) is 13.2 Å². The molecule has 1 N–H and O–H groups in total. The van der Waals surface area contributed by atoms with Gasteiger partial charge in [-0.2, -0.15) is 0 Å². The summed E-state index contributed by atoms with van der Waals surface area (Å²) in [4.78, 5) is 26.3. The monoisotopic (exact) mass is 368 g/mol. The molecular weight excluding hydrogens is 347 g/mol. The molecule has 0 radical (unpaired) electrons. The molecule has 1 saturated heterocycles. The van der Waals surface area contributed by atoms with Gasteiger partial charge in [-0.3, -0.25) is 4.79 Å². The first-order chi connectivity index (χ1) is 13.1. The maximum absolute atomic E-state index is 14.5. The van der Waals surface area contributed by atoms with Crippen LogP contribution in [0.25, 0.3) is 11.1 Å². The van der Waals surface area contributed by atoms with Crippen LogP contribution >= 0.6 is 0 Å². The SMILES string of the molecule is COC(=O)c1ccc(-c2ccc3c(c2)CCN(C2CCNC2)C3=O)c(F)c1. The zero-order valence-corrected chi connectivity index (χ0v) is 15.1. The number of nitrogens with one attached hydrogen (secondary N) is 1. The van der Waals surface area contributed by atoms with Crippen molar-refractivity contribution in [1.29, 1.82) is 0 Å². The largest absolute Gasteiger partial charge is 0.465 e. The minimum atomic E-state index is -0.571. The fourth-order valence-electron chi connectivity index (χ4n) is 3.92. The Balaban J connectivity index is 1.62. The maximum Gasteiger partial charge on any atom is 0.337 e. The van der Waals surface area contributed by atoms with Crippen molar-refractivity contribution in [2.24, 2.45) is 0 Å². The molecule has 0 aliphatic carbocycles. The smallest absolute Gasteiger partial charge is 0.337 e. The topological polar surface area (TPSA) is 58.6 Å². The standard InChI is InChI=1S/C21H21FN2O3/c1-27-21(26)15-3-4-17(19(22)11-15)13-2-5-18-14(10-13)7-9-24(20(18)25)16-6-8-23-12-16/h2-5,10-11,16,23H,6-9,12H2,1H3. The molecule has 1 amide bonds. The number of rotatable bonds is 3. The summed E-state index contributed by atoms with van der Waals surface area (Å²) in [6.07, 6.45) is 1.74. The van der Waals surface area contributed by atoms with E-state index in [1.54, 1.807) is 24.3 Å². The molecule has 140 valence electrons. The van der Waals surface area contributed by atoms with Crippen LogP contribution in [0, 0.1) is 5.82 Å². The van der Waals surface area contributed by atoms with Crippen molar-refractivity contribution < 1.29 is 18.7 Å². The number of benzene rings is 2. The van der Waals surface area contributed by atoms with Crippen LogP contribution in [0.1, 0.15) is 32.7 Å². The van der Waals surface area contributed by atoms with Gasteiger partial charge in [-0.25, -0.2) is 9.18 Å². The van der Waals surface area contributed by atoms with Gasteiger partial charge < -0.3 is 15.0 Å². The van der Waals surface area contributed by atoms with Gasteiger partial charge in [0.15, 0.2) is 0 Å². The Hall–Kier alpha value is -2.73. The molecule has 0 spiro atoms. The van der Waals surface area contributed by atoms with Gasteiger partial charge in [-0.1, -0.05) is 18.2 Å². The lowest BCUT2D eigenvalue weighted by molar-refractivity contribution is 0.0599. The summed E-state index contributed by atoms with van der Waals surface area (Å²) in [5.74, 6) is -1.00. The summed E-state index contributed by atoms with van der Waals surface area (Å²) in [7, 11) is 1.26. The Morgan fingerprint density at radius 3 is 2.74 bits per heavy atom. The molecule has 0 bridgehead atoms. The Morgan fingerprint density at radius 2 is 2.04 bits per heavy atom. The highest BCUT2D eigenvalue weighted by atomic mass is 19.1. The average Bonchev–Trinajstić information content (AvgIpc) is 3.21. The zero-order valence-electron chi connectivity index (χ0n) is 15.1. The molecule has 1 atom stereocenters. The van der Waals surface area contributed by atoms with Crippen LogP contribution in [-0.2, 0) is 11.2 Å².